The average molecular weight is 167 g/mol. The molecule has 0 saturated carbocycles. The predicted octanol–water partition coefficient (Wildman–Crippen LogP) is 3.18. The zero-order chi connectivity index (χ0) is 8.81. The molecule has 1 nitrogen and oxygen atoms in total. The van der Waals surface area contributed by atoms with Gasteiger partial charge in [-0.05, 0) is 32.1 Å². The highest BCUT2D eigenvalue weighted by Crippen LogP contribution is 2.24. The van der Waals surface area contributed by atoms with Crippen LogP contribution in [0, 0.1) is 0 Å². The largest absolute Gasteiger partial charge is 0.375 e. The van der Waals surface area contributed by atoms with Crippen LogP contribution in [0.15, 0.2) is 11.8 Å². The lowest BCUT2D eigenvalue weighted by atomic mass is 10.3. The van der Waals surface area contributed by atoms with Gasteiger partial charge >= 0.3 is 0 Å². The molecule has 12 heavy (non-hydrogen) atoms. The minimum Gasteiger partial charge on any atom is -0.375 e. The van der Waals surface area contributed by atoms with Crippen molar-refractivity contribution in [3.05, 3.63) is 11.8 Å². The molecular weight excluding hydrogens is 146 g/mol. The Morgan fingerprint density at radius 1 is 1.08 bits per heavy atom. The van der Waals surface area contributed by atoms with Crippen molar-refractivity contribution in [2.75, 3.05) is 13.1 Å². The van der Waals surface area contributed by atoms with Gasteiger partial charge in [0, 0.05) is 18.8 Å². The summed E-state index contributed by atoms with van der Waals surface area (Å²) in [5, 5.41) is 0. The van der Waals surface area contributed by atoms with Crippen molar-refractivity contribution >= 4 is 0 Å². The van der Waals surface area contributed by atoms with E-state index in [1.807, 2.05) is 13.8 Å². The van der Waals surface area contributed by atoms with E-state index in [0.717, 1.165) is 0 Å². The molecule has 1 heteroatoms. The molecule has 0 spiro atoms. The minimum absolute atomic E-state index is 1.33. The Balaban J connectivity index is 0.000000336. The molecule has 70 valence electrons. The smallest absolute Gasteiger partial charge is 0.0175 e. The molecule has 1 saturated heterocycles. The van der Waals surface area contributed by atoms with Crippen LogP contribution in [0.2, 0.25) is 0 Å². The van der Waals surface area contributed by atoms with E-state index in [4.69, 9.17) is 0 Å². The fourth-order valence-corrected chi connectivity index (χ4v) is 1.95. The fourth-order valence-electron chi connectivity index (χ4n) is 1.95. The lowest BCUT2D eigenvalue weighted by Crippen LogP contribution is -2.16. The van der Waals surface area contributed by atoms with Crippen molar-refractivity contribution in [2.24, 2.45) is 0 Å². The summed E-state index contributed by atoms with van der Waals surface area (Å²) in [6, 6.07) is 0. The summed E-state index contributed by atoms with van der Waals surface area (Å²) >= 11 is 0. The van der Waals surface area contributed by atoms with Gasteiger partial charge in [-0.1, -0.05) is 19.9 Å². The van der Waals surface area contributed by atoms with E-state index in [2.05, 4.69) is 11.0 Å². The molecule has 2 aliphatic rings. The third kappa shape index (κ3) is 2.26. The van der Waals surface area contributed by atoms with Crippen molar-refractivity contribution < 1.29 is 0 Å². The van der Waals surface area contributed by atoms with Crippen molar-refractivity contribution in [2.45, 2.75) is 46.0 Å². The van der Waals surface area contributed by atoms with Gasteiger partial charge in [0.05, 0.1) is 0 Å². The molecule has 1 aliphatic heterocycles. The van der Waals surface area contributed by atoms with Crippen LogP contribution in [0.3, 0.4) is 0 Å². The minimum atomic E-state index is 1.33. The Morgan fingerprint density at radius 2 is 1.75 bits per heavy atom. The summed E-state index contributed by atoms with van der Waals surface area (Å²) < 4.78 is 0. The standard InChI is InChI=1S/C9H15N.C2H6/c1-2-6-9(5-1)10-7-3-4-8-10;1-2/h5H,1-4,6-8H2;1-2H3. The lowest BCUT2D eigenvalue weighted by molar-refractivity contribution is 0.415. The molecule has 0 unspecified atom stereocenters. The van der Waals surface area contributed by atoms with Gasteiger partial charge in [0.2, 0.25) is 0 Å². The summed E-state index contributed by atoms with van der Waals surface area (Å²) in [5.74, 6) is 0. The van der Waals surface area contributed by atoms with E-state index >= 15 is 0 Å². The second-order valence-corrected chi connectivity index (χ2v) is 3.28. The zero-order valence-corrected chi connectivity index (χ0v) is 8.47. The fraction of sp³-hybridized carbons (Fsp3) is 0.818. The summed E-state index contributed by atoms with van der Waals surface area (Å²) in [5.41, 5.74) is 1.64. The molecule has 0 aromatic rings. The summed E-state index contributed by atoms with van der Waals surface area (Å²) in [4.78, 5) is 2.56. The van der Waals surface area contributed by atoms with Crippen LogP contribution in [0.1, 0.15) is 46.0 Å². The molecule has 0 N–H and O–H groups in total. The van der Waals surface area contributed by atoms with E-state index in [1.165, 1.54) is 45.2 Å². The molecule has 0 amide bonds. The van der Waals surface area contributed by atoms with E-state index in [9.17, 15) is 0 Å². The highest BCUT2D eigenvalue weighted by molar-refractivity contribution is 5.07. The third-order valence-electron chi connectivity index (χ3n) is 2.53. The number of allylic oxidation sites excluding steroid dienone is 2. The van der Waals surface area contributed by atoms with Gasteiger partial charge in [-0.2, -0.15) is 0 Å². The molecule has 0 atom stereocenters. The average Bonchev–Trinajstić information content (AvgIpc) is 2.80. The van der Waals surface area contributed by atoms with Gasteiger partial charge in [0.1, 0.15) is 0 Å². The Bertz CT molecular complexity index is 143. The van der Waals surface area contributed by atoms with Crippen molar-refractivity contribution in [1.29, 1.82) is 0 Å². The van der Waals surface area contributed by atoms with E-state index in [0.29, 0.717) is 0 Å². The topological polar surface area (TPSA) is 3.24 Å². The maximum atomic E-state index is 2.56. The molecule has 1 fully saturated rings. The number of hydrogen-bond acceptors (Lipinski definition) is 1. The highest BCUT2D eigenvalue weighted by atomic mass is 15.1. The first-order valence-corrected chi connectivity index (χ1v) is 5.41. The van der Waals surface area contributed by atoms with Crippen LogP contribution in [0.5, 0.6) is 0 Å². The molecule has 1 heterocycles. The summed E-state index contributed by atoms with van der Waals surface area (Å²) in [6.45, 7) is 6.65. The molecule has 0 radical (unpaired) electrons. The Morgan fingerprint density at radius 3 is 2.25 bits per heavy atom. The van der Waals surface area contributed by atoms with E-state index in [1.54, 1.807) is 5.70 Å². The quantitative estimate of drug-likeness (QED) is 0.580. The van der Waals surface area contributed by atoms with Crippen LogP contribution < -0.4 is 0 Å². The zero-order valence-electron chi connectivity index (χ0n) is 8.47. The van der Waals surface area contributed by atoms with Crippen molar-refractivity contribution in [3.8, 4) is 0 Å². The molecule has 2 rings (SSSR count). The number of rotatable bonds is 1. The lowest BCUT2D eigenvalue weighted by Gasteiger charge is -2.18. The van der Waals surface area contributed by atoms with E-state index < -0.39 is 0 Å². The monoisotopic (exact) mass is 167 g/mol. The Kier molecular flexibility index (Phi) is 4.20. The second-order valence-electron chi connectivity index (χ2n) is 3.28. The first kappa shape index (κ1) is 9.63. The third-order valence-corrected chi connectivity index (χ3v) is 2.53. The molecule has 0 aromatic heterocycles. The van der Waals surface area contributed by atoms with Gasteiger partial charge in [0.15, 0.2) is 0 Å². The maximum absolute atomic E-state index is 2.56. The van der Waals surface area contributed by atoms with Crippen LogP contribution in [0.25, 0.3) is 0 Å². The van der Waals surface area contributed by atoms with Gasteiger partial charge in [0.25, 0.3) is 0 Å². The predicted molar refractivity (Wildman–Crippen MR) is 54.1 cm³/mol. The Hall–Kier alpha value is -0.460. The second kappa shape index (κ2) is 5.23. The normalized spacial score (nSPS) is 21.8. The summed E-state index contributed by atoms with van der Waals surface area (Å²) in [7, 11) is 0. The summed E-state index contributed by atoms with van der Waals surface area (Å²) in [6.07, 6.45) is 9.32. The molecule has 0 bridgehead atoms. The van der Waals surface area contributed by atoms with Gasteiger partial charge in [-0.3, -0.25) is 0 Å². The molecular formula is C11H21N. The first-order chi connectivity index (χ1) is 5.97. The number of nitrogens with zero attached hydrogens (tertiary/aromatic N) is 1. The first-order valence-electron chi connectivity index (χ1n) is 5.41. The van der Waals surface area contributed by atoms with Crippen LogP contribution in [-0.2, 0) is 0 Å². The molecule has 0 aromatic carbocycles. The van der Waals surface area contributed by atoms with Crippen molar-refractivity contribution in [3.63, 3.8) is 0 Å². The number of likely N-dealkylation sites (tertiary alicyclic amines) is 1. The molecule has 1 aliphatic carbocycles. The Labute approximate surface area is 76.5 Å². The SMILES string of the molecule is C1=C(N2CCCC2)CCC1.CC. The van der Waals surface area contributed by atoms with Gasteiger partial charge < -0.3 is 4.90 Å². The van der Waals surface area contributed by atoms with Crippen LogP contribution in [0.4, 0.5) is 0 Å². The van der Waals surface area contributed by atoms with Crippen LogP contribution >= 0.6 is 0 Å². The van der Waals surface area contributed by atoms with E-state index in [-0.39, 0.29) is 0 Å². The number of hydrogen-bond donors (Lipinski definition) is 0. The maximum Gasteiger partial charge on any atom is 0.0175 e. The van der Waals surface area contributed by atoms with Crippen molar-refractivity contribution in [1.82, 2.24) is 4.90 Å². The van der Waals surface area contributed by atoms with Crippen LogP contribution in [-0.4, -0.2) is 18.0 Å². The highest BCUT2D eigenvalue weighted by Gasteiger charge is 2.16. The van der Waals surface area contributed by atoms with Gasteiger partial charge in [-0.15, -0.1) is 0 Å². The van der Waals surface area contributed by atoms with Gasteiger partial charge in [-0.25, -0.2) is 0 Å².